The van der Waals surface area contributed by atoms with Crippen molar-refractivity contribution in [2.24, 2.45) is 0 Å². The maximum Gasteiger partial charge on any atom is 0.360 e. The zero-order valence-corrected chi connectivity index (χ0v) is 18.0. The van der Waals surface area contributed by atoms with Crippen LogP contribution >= 0.6 is 0 Å². The number of fused-ring (bicyclic) bond motifs is 3. The summed E-state index contributed by atoms with van der Waals surface area (Å²) in [6.07, 6.45) is 2.97. The van der Waals surface area contributed by atoms with Gasteiger partial charge in [0.05, 0.1) is 12.0 Å². The van der Waals surface area contributed by atoms with Gasteiger partial charge in [0.25, 0.3) is 0 Å². The Morgan fingerprint density at radius 2 is 1.94 bits per heavy atom. The Morgan fingerprint density at radius 3 is 2.66 bits per heavy atom. The van der Waals surface area contributed by atoms with Crippen LogP contribution < -0.4 is 9.46 Å². The SMILES string of the molecule is COC(=O)c1c(OCc2ccccc2)c2ccc(S(=O)(=O)NC3CC3)cc2c2ncnn12. The van der Waals surface area contributed by atoms with Crippen molar-refractivity contribution in [2.75, 3.05) is 7.11 Å². The van der Waals surface area contributed by atoms with Crippen molar-refractivity contribution in [1.82, 2.24) is 19.3 Å². The van der Waals surface area contributed by atoms with Gasteiger partial charge in [-0.05, 0) is 36.6 Å². The molecule has 2 heterocycles. The minimum Gasteiger partial charge on any atom is -0.486 e. The summed E-state index contributed by atoms with van der Waals surface area (Å²) in [7, 11) is -2.41. The second-order valence-electron chi connectivity index (χ2n) is 7.54. The van der Waals surface area contributed by atoms with Gasteiger partial charge in [0.2, 0.25) is 10.0 Å². The molecule has 0 amide bonds. The van der Waals surface area contributed by atoms with Crippen LogP contribution in [-0.4, -0.2) is 42.1 Å². The predicted molar refractivity (Wildman–Crippen MR) is 116 cm³/mol. The van der Waals surface area contributed by atoms with Gasteiger partial charge < -0.3 is 9.47 Å². The number of sulfonamides is 1. The van der Waals surface area contributed by atoms with E-state index in [4.69, 9.17) is 9.47 Å². The number of rotatable bonds is 7. The second kappa shape index (κ2) is 7.88. The van der Waals surface area contributed by atoms with Crippen molar-refractivity contribution in [3.05, 3.63) is 66.1 Å². The second-order valence-corrected chi connectivity index (χ2v) is 9.26. The van der Waals surface area contributed by atoms with Crippen LogP contribution in [0.1, 0.15) is 28.9 Å². The fourth-order valence-corrected chi connectivity index (χ4v) is 4.86. The maximum absolute atomic E-state index is 12.8. The molecule has 0 spiro atoms. The minimum absolute atomic E-state index is 0.0183. The van der Waals surface area contributed by atoms with Gasteiger partial charge in [-0.1, -0.05) is 30.3 Å². The van der Waals surface area contributed by atoms with Gasteiger partial charge in [0.15, 0.2) is 17.1 Å². The van der Waals surface area contributed by atoms with Gasteiger partial charge in [-0.15, -0.1) is 0 Å². The molecule has 4 aromatic rings. The highest BCUT2D eigenvalue weighted by atomic mass is 32.2. The average molecular weight is 452 g/mol. The number of ether oxygens (including phenoxy) is 2. The van der Waals surface area contributed by atoms with Crippen LogP contribution in [0, 0.1) is 0 Å². The summed E-state index contributed by atoms with van der Waals surface area (Å²) in [6.45, 7) is 0.198. The molecular weight excluding hydrogens is 432 g/mol. The first-order valence-corrected chi connectivity index (χ1v) is 11.5. The first-order chi connectivity index (χ1) is 15.5. The summed E-state index contributed by atoms with van der Waals surface area (Å²) in [5.41, 5.74) is 1.31. The Kier molecular flexibility index (Phi) is 5.03. The topological polar surface area (TPSA) is 112 Å². The van der Waals surface area contributed by atoms with E-state index in [-0.39, 0.29) is 29.0 Å². The molecule has 2 aromatic carbocycles. The van der Waals surface area contributed by atoms with Gasteiger partial charge in [-0.2, -0.15) is 5.10 Å². The van der Waals surface area contributed by atoms with Gasteiger partial charge in [0, 0.05) is 16.8 Å². The Hall–Kier alpha value is -3.50. The van der Waals surface area contributed by atoms with Crippen LogP contribution in [0.5, 0.6) is 5.75 Å². The Morgan fingerprint density at radius 1 is 1.16 bits per heavy atom. The number of carbonyl (C=O) groups excluding carboxylic acids is 1. The van der Waals surface area contributed by atoms with Crippen LogP contribution in [0.25, 0.3) is 16.4 Å². The molecule has 0 atom stereocenters. The number of hydrogen-bond donors (Lipinski definition) is 1. The van der Waals surface area contributed by atoms with E-state index in [1.807, 2.05) is 30.3 Å². The number of nitrogens with zero attached hydrogens (tertiary/aromatic N) is 3. The lowest BCUT2D eigenvalue weighted by molar-refractivity contribution is 0.0585. The van der Waals surface area contributed by atoms with Crippen LogP contribution in [0.15, 0.2) is 59.8 Å². The Balaban J connectivity index is 1.70. The smallest absolute Gasteiger partial charge is 0.360 e. The van der Waals surface area contributed by atoms with Crippen molar-refractivity contribution in [1.29, 1.82) is 0 Å². The summed E-state index contributed by atoms with van der Waals surface area (Å²) in [6, 6.07) is 14.1. The van der Waals surface area contributed by atoms with E-state index in [9.17, 15) is 13.2 Å². The summed E-state index contributed by atoms with van der Waals surface area (Å²) in [4.78, 5) is 17.0. The van der Waals surface area contributed by atoms with Crippen LogP contribution in [0.4, 0.5) is 0 Å². The third-order valence-electron chi connectivity index (χ3n) is 5.27. The normalized spacial score (nSPS) is 14.0. The first-order valence-electron chi connectivity index (χ1n) is 10.0. The standard InChI is InChI=1S/C22H20N4O5S/c1-30-22(27)19-20(31-12-14-5-3-2-4-6-14)17-10-9-16(32(28,29)25-15-7-8-15)11-18(17)21-23-13-24-26(19)21/h2-6,9-11,13,15,25H,7-8,12H2,1H3. The molecular formula is C22H20N4O5S. The van der Waals surface area contributed by atoms with Crippen molar-refractivity contribution >= 4 is 32.4 Å². The fraction of sp³-hybridized carbons (Fsp3) is 0.227. The molecule has 1 fully saturated rings. The van der Waals surface area contributed by atoms with Gasteiger partial charge in [-0.25, -0.2) is 27.4 Å². The van der Waals surface area contributed by atoms with E-state index < -0.39 is 16.0 Å². The number of carbonyl (C=O) groups is 1. The van der Waals surface area contributed by atoms with Crippen molar-refractivity contribution in [3.63, 3.8) is 0 Å². The molecule has 0 bridgehead atoms. The number of hydrogen-bond acceptors (Lipinski definition) is 7. The third-order valence-corrected chi connectivity index (χ3v) is 6.78. The lowest BCUT2D eigenvalue weighted by Crippen LogP contribution is -2.25. The summed E-state index contributed by atoms with van der Waals surface area (Å²) < 4.78 is 40.6. The molecule has 164 valence electrons. The molecule has 1 aliphatic carbocycles. The Bertz CT molecular complexity index is 1430. The fourth-order valence-electron chi connectivity index (χ4n) is 3.53. The van der Waals surface area contributed by atoms with Crippen molar-refractivity contribution in [2.45, 2.75) is 30.4 Å². The van der Waals surface area contributed by atoms with E-state index in [1.165, 1.54) is 30.1 Å². The number of nitrogens with one attached hydrogen (secondary N) is 1. The van der Waals surface area contributed by atoms with E-state index in [2.05, 4.69) is 14.8 Å². The van der Waals surface area contributed by atoms with E-state index in [1.54, 1.807) is 6.07 Å². The lowest BCUT2D eigenvalue weighted by Gasteiger charge is -2.16. The zero-order chi connectivity index (χ0) is 22.3. The molecule has 0 unspecified atom stereocenters. The molecule has 0 radical (unpaired) electrons. The monoisotopic (exact) mass is 452 g/mol. The van der Waals surface area contributed by atoms with Gasteiger partial charge >= 0.3 is 5.97 Å². The highest BCUT2D eigenvalue weighted by Gasteiger charge is 2.29. The number of methoxy groups -OCH3 is 1. The number of benzene rings is 2. The highest BCUT2D eigenvalue weighted by Crippen LogP contribution is 2.35. The maximum atomic E-state index is 12.8. The molecule has 1 saturated carbocycles. The quantitative estimate of drug-likeness (QED) is 0.429. The Labute approximate surface area is 184 Å². The number of esters is 1. The number of aromatic nitrogens is 3. The summed E-state index contributed by atoms with van der Waals surface area (Å²) in [5, 5.41) is 5.19. The molecule has 1 N–H and O–H groups in total. The summed E-state index contributed by atoms with van der Waals surface area (Å²) in [5.74, 6) is -0.398. The third kappa shape index (κ3) is 3.67. The van der Waals surface area contributed by atoms with Gasteiger partial charge in [-0.3, -0.25) is 0 Å². The molecule has 9 nitrogen and oxygen atoms in total. The van der Waals surface area contributed by atoms with Crippen LogP contribution in [-0.2, 0) is 21.4 Å². The average Bonchev–Trinajstić information content (AvgIpc) is 3.47. The molecule has 0 saturated heterocycles. The van der Waals surface area contributed by atoms with E-state index >= 15 is 0 Å². The summed E-state index contributed by atoms with van der Waals surface area (Å²) >= 11 is 0. The molecule has 1 aliphatic rings. The van der Waals surface area contributed by atoms with Crippen molar-refractivity contribution < 1.29 is 22.7 Å². The first kappa shape index (κ1) is 20.4. The van der Waals surface area contributed by atoms with Crippen molar-refractivity contribution in [3.8, 4) is 5.75 Å². The largest absolute Gasteiger partial charge is 0.486 e. The molecule has 2 aromatic heterocycles. The van der Waals surface area contributed by atoms with Gasteiger partial charge in [0.1, 0.15) is 12.9 Å². The zero-order valence-electron chi connectivity index (χ0n) is 17.2. The van der Waals surface area contributed by atoms with E-state index in [0.717, 1.165) is 18.4 Å². The highest BCUT2D eigenvalue weighted by molar-refractivity contribution is 7.89. The van der Waals surface area contributed by atoms with E-state index in [0.29, 0.717) is 16.4 Å². The molecule has 0 aliphatic heterocycles. The minimum atomic E-state index is -3.68. The molecule has 10 heteroatoms. The molecule has 32 heavy (non-hydrogen) atoms. The lowest BCUT2D eigenvalue weighted by atomic mass is 10.1. The number of pyridine rings is 1. The molecule has 5 rings (SSSR count). The van der Waals surface area contributed by atoms with Crippen LogP contribution in [0.2, 0.25) is 0 Å². The predicted octanol–water partition coefficient (Wildman–Crippen LogP) is 2.69. The van der Waals surface area contributed by atoms with Crippen LogP contribution in [0.3, 0.4) is 0 Å².